The normalized spacial score (nSPS) is 35.7. The second-order valence-electron chi connectivity index (χ2n) is 9.13. The van der Waals surface area contributed by atoms with Gasteiger partial charge in [0.25, 0.3) is 0 Å². The number of aliphatic hydroxyl groups excluding tert-OH is 1. The van der Waals surface area contributed by atoms with Crippen LogP contribution in [0.2, 0.25) is 0 Å². The molecule has 1 N–H and O–H groups in total. The molecular formula is C23H33N3O5. The molecule has 0 radical (unpaired) electrons. The van der Waals surface area contributed by atoms with Crippen LogP contribution in [0.5, 0.6) is 0 Å². The lowest BCUT2D eigenvalue weighted by Crippen LogP contribution is -2.56. The van der Waals surface area contributed by atoms with Gasteiger partial charge in [0, 0.05) is 39.3 Å². The molecule has 0 aromatic carbocycles. The number of ether oxygens (including phenoxy) is 1. The number of aliphatic hydroxyl groups is 1. The molecule has 0 saturated carbocycles. The zero-order valence-electron chi connectivity index (χ0n) is 18.6. The van der Waals surface area contributed by atoms with E-state index in [9.17, 15) is 19.5 Å². The highest BCUT2D eigenvalue weighted by molar-refractivity contribution is 5.99. The van der Waals surface area contributed by atoms with Crippen molar-refractivity contribution in [2.75, 3.05) is 33.3 Å². The fourth-order valence-electron chi connectivity index (χ4n) is 5.73. The van der Waals surface area contributed by atoms with Crippen molar-refractivity contribution in [3.63, 3.8) is 0 Å². The molecule has 0 aromatic heterocycles. The molecule has 170 valence electrons. The predicted molar refractivity (Wildman–Crippen MR) is 114 cm³/mol. The van der Waals surface area contributed by atoms with Crippen LogP contribution in [0.1, 0.15) is 33.1 Å². The van der Waals surface area contributed by atoms with Crippen LogP contribution in [-0.4, -0.2) is 94.6 Å². The van der Waals surface area contributed by atoms with Crippen molar-refractivity contribution in [3.8, 4) is 0 Å². The number of fused-ring (bicyclic) bond motifs is 2. The van der Waals surface area contributed by atoms with Crippen molar-refractivity contribution in [2.24, 2.45) is 11.8 Å². The van der Waals surface area contributed by atoms with Crippen molar-refractivity contribution in [1.29, 1.82) is 0 Å². The summed E-state index contributed by atoms with van der Waals surface area (Å²) in [7, 11) is 1.72. The van der Waals surface area contributed by atoms with Gasteiger partial charge in [0.05, 0.1) is 17.9 Å². The highest BCUT2D eigenvalue weighted by Gasteiger charge is 2.71. The Labute approximate surface area is 183 Å². The zero-order valence-corrected chi connectivity index (χ0v) is 18.6. The minimum atomic E-state index is -1.17. The van der Waals surface area contributed by atoms with Gasteiger partial charge in [-0.2, -0.15) is 0 Å². The van der Waals surface area contributed by atoms with E-state index >= 15 is 0 Å². The molecule has 2 unspecified atom stereocenters. The van der Waals surface area contributed by atoms with Crippen LogP contribution < -0.4 is 0 Å². The van der Waals surface area contributed by atoms with Gasteiger partial charge < -0.3 is 24.5 Å². The van der Waals surface area contributed by atoms with Gasteiger partial charge >= 0.3 is 0 Å². The molecule has 2 fully saturated rings. The van der Waals surface area contributed by atoms with Gasteiger partial charge in [-0.1, -0.05) is 37.6 Å². The number of likely N-dealkylation sites (tertiary alicyclic amines) is 1. The Bertz CT molecular complexity index is 811. The number of amides is 3. The third-order valence-electron chi connectivity index (χ3n) is 7.19. The third-order valence-corrected chi connectivity index (χ3v) is 7.19. The van der Waals surface area contributed by atoms with E-state index in [4.69, 9.17) is 4.74 Å². The highest BCUT2D eigenvalue weighted by atomic mass is 16.5. The summed E-state index contributed by atoms with van der Waals surface area (Å²) in [5, 5.41) is 9.39. The van der Waals surface area contributed by atoms with Gasteiger partial charge in [0.15, 0.2) is 0 Å². The lowest BCUT2D eigenvalue weighted by atomic mass is 9.77. The maximum atomic E-state index is 13.9. The Hall–Kier alpha value is -2.19. The molecular weight excluding hydrogens is 398 g/mol. The van der Waals surface area contributed by atoms with Gasteiger partial charge in [-0.3, -0.25) is 14.4 Å². The molecule has 4 heterocycles. The average molecular weight is 432 g/mol. The van der Waals surface area contributed by atoms with E-state index in [-0.39, 0.29) is 36.9 Å². The topological polar surface area (TPSA) is 90.4 Å². The SMILES string of the molecule is CCCC(C)N1CC=C[C@]23O[C@H]4C=CCN(C)C(=O)[C@H]4[C@H]2C(=O)N(CCCO)C3C1=O. The van der Waals surface area contributed by atoms with Crippen molar-refractivity contribution >= 4 is 17.7 Å². The maximum Gasteiger partial charge on any atom is 0.249 e. The van der Waals surface area contributed by atoms with Crippen molar-refractivity contribution in [3.05, 3.63) is 24.3 Å². The molecule has 2 saturated heterocycles. The van der Waals surface area contributed by atoms with Crippen LogP contribution in [0.4, 0.5) is 0 Å². The van der Waals surface area contributed by atoms with E-state index in [1.807, 2.05) is 36.1 Å². The molecule has 4 rings (SSSR count). The average Bonchev–Trinajstić information content (AvgIpc) is 3.06. The summed E-state index contributed by atoms with van der Waals surface area (Å²) in [5.74, 6) is -1.91. The summed E-state index contributed by atoms with van der Waals surface area (Å²) in [4.78, 5) is 45.8. The largest absolute Gasteiger partial charge is 0.396 e. The molecule has 8 heteroatoms. The fourth-order valence-corrected chi connectivity index (χ4v) is 5.73. The van der Waals surface area contributed by atoms with Crippen molar-refractivity contribution in [2.45, 2.75) is 56.9 Å². The number of hydrogen-bond acceptors (Lipinski definition) is 5. The summed E-state index contributed by atoms with van der Waals surface area (Å²) in [6.07, 6.45) is 9.19. The Balaban J connectivity index is 1.79. The number of carbonyl (C=O) groups is 3. The Kier molecular flexibility index (Phi) is 5.96. The first-order chi connectivity index (χ1) is 14.9. The van der Waals surface area contributed by atoms with Crippen LogP contribution >= 0.6 is 0 Å². The van der Waals surface area contributed by atoms with Crippen molar-refractivity contribution < 1.29 is 24.2 Å². The van der Waals surface area contributed by atoms with Crippen LogP contribution in [-0.2, 0) is 19.1 Å². The van der Waals surface area contributed by atoms with Crippen LogP contribution in [0.25, 0.3) is 0 Å². The van der Waals surface area contributed by atoms with E-state index in [0.717, 1.165) is 12.8 Å². The molecule has 0 bridgehead atoms. The standard InChI is InChI=1S/C23H33N3O5/c1-4-8-15(2)25-12-6-10-23-18(17-16(31-23)9-5-11-24(3)20(17)28)21(29)26(13-7-14-27)19(23)22(25)30/h5-6,9-10,15-19,27H,4,7-8,11-14H2,1-3H3/t15?,16-,17+,18-,19?,23-/m0/s1. The first-order valence-electron chi connectivity index (χ1n) is 11.4. The van der Waals surface area contributed by atoms with Gasteiger partial charge in [0.1, 0.15) is 11.6 Å². The fraction of sp³-hybridized carbons (Fsp3) is 0.696. The number of likely N-dealkylation sites (N-methyl/N-ethyl adjacent to an activating group) is 1. The van der Waals surface area contributed by atoms with Crippen LogP contribution in [0.3, 0.4) is 0 Å². The summed E-state index contributed by atoms with van der Waals surface area (Å²) < 4.78 is 6.51. The third kappa shape index (κ3) is 3.31. The summed E-state index contributed by atoms with van der Waals surface area (Å²) in [6.45, 7) is 5.22. The summed E-state index contributed by atoms with van der Waals surface area (Å²) in [5.41, 5.74) is -1.17. The Morgan fingerprint density at radius 3 is 2.68 bits per heavy atom. The summed E-state index contributed by atoms with van der Waals surface area (Å²) >= 11 is 0. The van der Waals surface area contributed by atoms with E-state index in [0.29, 0.717) is 19.5 Å². The Morgan fingerprint density at radius 1 is 1.19 bits per heavy atom. The van der Waals surface area contributed by atoms with Gasteiger partial charge in [-0.05, 0) is 19.8 Å². The molecule has 8 nitrogen and oxygen atoms in total. The van der Waals surface area contributed by atoms with Crippen LogP contribution in [0.15, 0.2) is 24.3 Å². The number of hydrogen-bond donors (Lipinski definition) is 1. The van der Waals surface area contributed by atoms with E-state index in [2.05, 4.69) is 6.92 Å². The van der Waals surface area contributed by atoms with Gasteiger partial charge in [-0.25, -0.2) is 0 Å². The summed E-state index contributed by atoms with van der Waals surface area (Å²) in [6, 6.07) is -0.793. The first-order valence-corrected chi connectivity index (χ1v) is 11.4. The monoisotopic (exact) mass is 431 g/mol. The lowest BCUT2D eigenvalue weighted by Gasteiger charge is -2.37. The van der Waals surface area contributed by atoms with Gasteiger partial charge in [0.2, 0.25) is 17.7 Å². The van der Waals surface area contributed by atoms with Crippen molar-refractivity contribution in [1.82, 2.24) is 14.7 Å². The molecule has 4 aliphatic rings. The quantitative estimate of drug-likeness (QED) is 0.621. The predicted octanol–water partition coefficient (Wildman–Crippen LogP) is 0.565. The Morgan fingerprint density at radius 2 is 1.97 bits per heavy atom. The molecule has 3 amide bonds. The minimum absolute atomic E-state index is 0.0330. The minimum Gasteiger partial charge on any atom is -0.396 e. The molecule has 31 heavy (non-hydrogen) atoms. The smallest absolute Gasteiger partial charge is 0.249 e. The molecule has 0 aliphatic carbocycles. The lowest BCUT2D eigenvalue weighted by molar-refractivity contribution is -0.149. The number of nitrogens with zero attached hydrogens (tertiary/aromatic N) is 3. The second kappa shape index (κ2) is 8.39. The molecule has 0 aromatic rings. The van der Waals surface area contributed by atoms with E-state index < -0.39 is 29.6 Å². The second-order valence-corrected chi connectivity index (χ2v) is 9.13. The highest BCUT2D eigenvalue weighted by Crippen LogP contribution is 2.53. The van der Waals surface area contributed by atoms with E-state index in [1.165, 1.54) is 0 Å². The maximum absolute atomic E-state index is 13.9. The number of rotatable bonds is 6. The molecule has 1 spiro atoms. The molecule has 4 aliphatic heterocycles. The zero-order chi connectivity index (χ0) is 22.3. The van der Waals surface area contributed by atoms with E-state index in [1.54, 1.807) is 16.8 Å². The molecule has 6 atom stereocenters. The first kappa shape index (κ1) is 22.0. The van der Waals surface area contributed by atoms with Crippen LogP contribution in [0, 0.1) is 11.8 Å². The number of carbonyl (C=O) groups excluding carboxylic acids is 3. The van der Waals surface area contributed by atoms with Gasteiger partial charge in [-0.15, -0.1) is 0 Å².